The lowest BCUT2D eigenvalue weighted by Gasteiger charge is -2.32. The molecule has 1 N–H and O–H groups in total. The van der Waals surface area contributed by atoms with Crippen LogP contribution in [0, 0.1) is 5.92 Å². The Labute approximate surface area is 122 Å². The fourth-order valence-corrected chi connectivity index (χ4v) is 3.49. The van der Waals surface area contributed by atoms with Crippen LogP contribution >= 0.6 is 0 Å². The smallest absolute Gasteiger partial charge is 0.245 e. The molecule has 0 radical (unpaired) electrons. The highest BCUT2D eigenvalue weighted by molar-refractivity contribution is 5.90. The Hall–Kier alpha value is -1.06. The summed E-state index contributed by atoms with van der Waals surface area (Å²) in [6.07, 6.45) is 8.01. The molecule has 2 rings (SSSR count). The zero-order valence-electron chi connectivity index (χ0n) is 12.9. The normalized spacial score (nSPS) is 32.5. The molecule has 2 aliphatic rings. The van der Waals surface area contributed by atoms with Crippen LogP contribution < -0.4 is 5.32 Å². The molecular formula is C16H28N2O2. The van der Waals surface area contributed by atoms with Crippen LogP contribution in [0.2, 0.25) is 0 Å². The zero-order chi connectivity index (χ0) is 14.5. The molecule has 114 valence electrons. The second-order valence-corrected chi connectivity index (χ2v) is 6.46. The number of nitrogens with zero attached hydrogens (tertiary/aromatic N) is 1. The first-order chi connectivity index (χ1) is 9.61. The lowest BCUT2D eigenvalue weighted by molar-refractivity contribution is -0.136. The van der Waals surface area contributed by atoms with Crippen LogP contribution in [0.4, 0.5) is 0 Å². The minimum Gasteiger partial charge on any atom is -0.344 e. The Morgan fingerprint density at radius 1 is 1.20 bits per heavy atom. The second-order valence-electron chi connectivity index (χ2n) is 6.46. The van der Waals surface area contributed by atoms with Gasteiger partial charge in [0.1, 0.15) is 6.04 Å². The van der Waals surface area contributed by atoms with E-state index in [1.165, 1.54) is 19.3 Å². The monoisotopic (exact) mass is 280 g/mol. The van der Waals surface area contributed by atoms with Crippen molar-refractivity contribution in [3.05, 3.63) is 0 Å². The summed E-state index contributed by atoms with van der Waals surface area (Å²) in [6, 6.07) is 0.0511. The van der Waals surface area contributed by atoms with Crippen LogP contribution in [0.25, 0.3) is 0 Å². The molecule has 1 saturated carbocycles. The number of nitrogens with one attached hydrogen (secondary N) is 1. The summed E-state index contributed by atoms with van der Waals surface area (Å²) in [5.74, 6) is 0.951. The van der Waals surface area contributed by atoms with E-state index >= 15 is 0 Å². The van der Waals surface area contributed by atoms with Crippen molar-refractivity contribution in [3.8, 4) is 0 Å². The Balaban J connectivity index is 2.07. The maximum atomic E-state index is 12.7. The van der Waals surface area contributed by atoms with E-state index in [1.54, 1.807) is 0 Å². The number of hydrogen-bond donors (Lipinski definition) is 1. The predicted octanol–water partition coefficient (Wildman–Crippen LogP) is 2.47. The number of carbonyl (C=O) groups is 2. The predicted molar refractivity (Wildman–Crippen MR) is 79.2 cm³/mol. The minimum absolute atomic E-state index is 0.0290. The summed E-state index contributed by atoms with van der Waals surface area (Å²) in [5.41, 5.74) is 0. The topological polar surface area (TPSA) is 49.4 Å². The van der Waals surface area contributed by atoms with Crippen molar-refractivity contribution in [2.75, 3.05) is 6.54 Å². The van der Waals surface area contributed by atoms with Crippen molar-refractivity contribution in [2.45, 2.75) is 77.3 Å². The maximum absolute atomic E-state index is 12.7. The third-order valence-electron chi connectivity index (χ3n) is 4.74. The Kier molecular flexibility index (Phi) is 5.44. The second kappa shape index (κ2) is 7.09. The van der Waals surface area contributed by atoms with E-state index in [4.69, 9.17) is 0 Å². The van der Waals surface area contributed by atoms with Gasteiger partial charge in [-0.05, 0) is 31.6 Å². The Bertz CT molecular complexity index is 356. The fourth-order valence-electron chi connectivity index (χ4n) is 3.49. The maximum Gasteiger partial charge on any atom is 0.245 e. The molecule has 4 heteroatoms. The van der Waals surface area contributed by atoms with Gasteiger partial charge in [-0.3, -0.25) is 9.59 Å². The zero-order valence-corrected chi connectivity index (χ0v) is 12.9. The third kappa shape index (κ3) is 3.74. The molecule has 1 saturated heterocycles. The largest absolute Gasteiger partial charge is 0.344 e. The van der Waals surface area contributed by atoms with Gasteiger partial charge in [-0.1, -0.05) is 33.1 Å². The lowest BCUT2D eigenvalue weighted by Crippen LogP contribution is -2.48. The molecule has 3 atom stereocenters. The van der Waals surface area contributed by atoms with Gasteiger partial charge in [0, 0.05) is 19.0 Å². The van der Waals surface area contributed by atoms with Crippen LogP contribution in [0.1, 0.15) is 65.2 Å². The van der Waals surface area contributed by atoms with E-state index in [0.29, 0.717) is 19.0 Å². The molecule has 4 nitrogen and oxygen atoms in total. The standard InChI is InChI=1S/C16H28N2O2/c1-3-5-14-16(20)18(11-10-15(19)17-14)13-7-4-6-12(2)8-9-13/h12-14H,3-11H2,1-2H3,(H,17,19). The van der Waals surface area contributed by atoms with Crippen molar-refractivity contribution in [2.24, 2.45) is 5.92 Å². The van der Waals surface area contributed by atoms with Crippen molar-refractivity contribution < 1.29 is 9.59 Å². The van der Waals surface area contributed by atoms with Crippen LogP contribution in [-0.2, 0) is 9.59 Å². The number of rotatable bonds is 3. The van der Waals surface area contributed by atoms with Gasteiger partial charge in [0.15, 0.2) is 0 Å². The number of amides is 2. The molecule has 3 unspecified atom stereocenters. The van der Waals surface area contributed by atoms with Crippen LogP contribution in [0.3, 0.4) is 0 Å². The summed E-state index contributed by atoms with van der Waals surface area (Å²) in [4.78, 5) is 26.5. The SMILES string of the molecule is CCCC1NC(=O)CCN(C2CCCC(C)CC2)C1=O. The van der Waals surface area contributed by atoms with E-state index in [2.05, 4.69) is 19.2 Å². The molecule has 2 fully saturated rings. The average Bonchev–Trinajstić information content (AvgIpc) is 2.70. The third-order valence-corrected chi connectivity index (χ3v) is 4.74. The van der Waals surface area contributed by atoms with Crippen molar-refractivity contribution in [1.82, 2.24) is 10.2 Å². The van der Waals surface area contributed by atoms with Gasteiger partial charge >= 0.3 is 0 Å². The number of carbonyl (C=O) groups excluding carboxylic acids is 2. The van der Waals surface area contributed by atoms with Crippen LogP contribution in [-0.4, -0.2) is 35.3 Å². The highest BCUT2D eigenvalue weighted by Gasteiger charge is 2.33. The lowest BCUT2D eigenvalue weighted by atomic mass is 10.0. The minimum atomic E-state index is -0.296. The van der Waals surface area contributed by atoms with Gasteiger partial charge in [-0.25, -0.2) is 0 Å². The molecule has 0 aromatic carbocycles. The number of hydrogen-bond acceptors (Lipinski definition) is 2. The van der Waals surface area contributed by atoms with Crippen LogP contribution in [0.5, 0.6) is 0 Å². The van der Waals surface area contributed by atoms with Crippen molar-refractivity contribution in [3.63, 3.8) is 0 Å². The molecule has 20 heavy (non-hydrogen) atoms. The molecule has 1 aliphatic heterocycles. The Morgan fingerprint density at radius 2 is 2.00 bits per heavy atom. The molecular weight excluding hydrogens is 252 g/mol. The first kappa shape index (κ1) is 15.3. The van der Waals surface area contributed by atoms with E-state index in [9.17, 15) is 9.59 Å². The first-order valence-electron chi connectivity index (χ1n) is 8.21. The Morgan fingerprint density at radius 3 is 2.75 bits per heavy atom. The summed E-state index contributed by atoms with van der Waals surface area (Å²) in [7, 11) is 0. The van der Waals surface area contributed by atoms with E-state index in [0.717, 1.165) is 31.6 Å². The molecule has 1 aliphatic carbocycles. The van der Waals surface area contributed by atoms with Gasteiger partial charge in [0.05, 0.1) is 0 Å². The summed E-state index contributed by atoms with van der Waals surface area (Å²) < 4.78 is 0. The molecule has 0 aromatic rings. The summed E-state index contributed by atoms with van der Waals surface area (Å²) >= 11 is 0. The van der Waals surface area contributed by atoms with Crippen molar-refractivity contribution >= 4 is 11.8 Å². The van der Waals surface area contributed by atoms with Gasteiger partial charge in [-0.15, -0.1) is 0 Å². The molecule has 1 heterocycles. The molecule has 2 amide bonds. The summed E-state index contributed by atoms with van der Waals surface area (Å²) in [5, 5.41) is 2.89. The van der Waals surface area contributed by atoms with Gasteiger partial charge in [-0.2, -0.15) is 0 Å². The summed E-state index contributed by atoms with van der Waals surface area (Å²) in [6.45, 7) is 4.96. The van der Waals surface area contributed by atoms with E-state index in [-0.39, 0.29) is 17.9 Å². The molecule has 0 bridgehead atoms. The highest BCUT2D eigenvalue weighted by Crippen LogP contribution is 2.27. The van der Waals surface area contributed by atoms with Crippen molar-refractivity contribution in [1.29, 1.82) is 0 Å². The fraction of sp³-hybridized carbons (Fsp3) is 0.875. The van der Waals surface area contributed by atoms with E-state index in [1.807, 2.05) is 4.90 Å². The highest BCUT2D eigenvalue weighted by atomic mass is 16.2. The molecule has 0 spiro atoms. The first-order valence-corrected chi connectivity index (χ1v) is 8.21. The quantitative estimate of drug-likeness (QED) is 0.807. The van der Waals surface area contributed by atoms with Gasteiger partial charge in [0.2, 0.25) is 11.8 Å². The van der Waals surface area contributed by atoms with Gasteiger partial charge < -0.3 is 10.2 Å². The van der Waals surface area contributed by atoms with Gasteiger partial charge in [0.25, 0.3) is 0 Å². The van der Waals surface area contributed by atoms with E-state index < -0.39 is 0 Å². The average molecular weight is 280 g/mol. The van der Waals surface area contributed by atoms with Crippen LogP contribution in [0.15, 0.2) is 0 Å². The molecule has 0 aromatic heterocycles.